The minimum atomic E-state index is 0.415. The topological polar surface area (TPSA) is 63.0 Å². The number of hydrogen-bond acceptors (Lipinski definition) is 5. The summed E-state index contributed by atoms with van der Waals surface area (Å²) in [5.74, 6) is 0.645. The minimum absolute atomic E-state index is 0.415. The molecule has 1 aromatic heterocycles. The van der Waals surface area contributed by atoms with Crippen molar-refractivity contribution in [2.75, 3.05) is 5.32 Å². The predicted molar refractivity (Wildman–Crippen MR) is 75.9 cm³/mol. The van der Waals surface area contributed by atoms with Crippen LogP contribution in [0.25, 0.3) is 0 Å². The van der Waals surface area contributed by atoms with Gasteiger partial charge >= 0.3 is 6.01 Å². The van der Waals surface area contributed by atoms with E-state index in [1.54, 1.807) is 0 Å². The number of anilines is 1. The van der Waals surface area contributed by atoms with Gasteiger partial charge in [-0.3, -0.25) is 0 Å². The van der Waals surface area contributed by atoms with Gasteiger partial charge in [-0.2, -0.15) is 0 Å². The molecule has 2 rings (SSSR count). The lowest BCUT2D eigenvalue weighted by Gasteiger charge is -2.35. The molecule has 5 nitrogen and oxygen atoms in total. The van der Waals surface area contributed by atoms with E-state index >= 15 is 0 Å². The summed E-state index contributed by atoms with van der Waals surface area (Å²) in [5, 5.41) is 14.8. The second-order valence-electron chi connectivity index (χ2n) is 6.64. The van der Waals surface area contributed by atoms with Crippen LogP contribution in [0.3, 0.4) is 0 Å². The highest BCUT2D eigenvalue weighted by molar-refractivity contribution is 5.20. The van der Waals surface area contributed by atoms with Gasteiger partial charge in [0.1, 0.15) is 0 Å². The molecular weight excluding hydrogens is 240 g/mol. The highest BCUT2D eigenvalue weighted by atomic mass is 16.4. The SMILES string of the molecule is CC(C)NCc1nnc(NC2CCCC(C)(C)C2)o1. The molecule has 1 aromatic rings. The number of rotatable bonds is 5. The molecule has 1 atom stereocenters. The van der Waals surface area contributed by atoms with E-state index in [0.717, 1.165) is 6.42 Å². The lowest BCUT2D eigenvalue weighted by Crippen LogP contribution is -2.31. The van der Waals surface area contributed by atoms with Crippen LogP contribution in [0.15, 0.2) is 4.42 Å². The quantitative estimate of drug-likeness (QED) is 0.858. The van der Waals surface area contributed by atoms with E-state index in [1.807, 2.05) is 0 Å². The summed E-state index contributed by atoms with van der Waals surface area (Å²) in [5.41, 5.74) is 0.415. The maximum absolute atomic E-state index is 5.61. The van der Waals surface area contributed by atoms with Gasteiger partial charge in [-0.1, -0.05) is 39.2 Å². The Balaban J connectivity index is 1.85. The van der Waals surface area contributed by atoms with Crippen molar-refractivity contribution in [3.05, 3.63) is 5.89 Å². The van der Waals surface area contributed by atoms with Crippen molar-refractivity contribution in [2.24, 2.45) is 5.41 Å². The van der Waals surface area contributed by atoms with Gasteiger partial charge in [-0.25, -0.2) is 0 Å². The molecule has 108 valence electrons. The van der Waals surface area contributed by atoms with Gasteiger partial charge in [0.05, 0.1) is 6.54 Å². The molecule has 1 heterocycles. The first kappa shape index (κ1) is 14.3. The summed E-state index contributed by atoms with van der Waals surface area (Å²) in [6, 6.07) is 1.43. The third-order valence-corrected chi connectivity index (χ3v) is 3.66. The second kappa shape index (κ2) is 5.90. The van der Waals surface area contributed by atoms with Crippen LogP contribution in [0.5, 0.6) is 0 Å². The van der Waals surface area contributed by atoms with Crippen LogP contribution in [-0.4, -0.2) is 22.3 Å². The fourth-order valence-corrected chi connectivity index (χ4v) is 2.67. The van der Waals surface area contributed by atoms with E-state index in [4.69, 9.17) is 4.42 Å². The van der Waals surface area contributed by atoms with Crippen molar-refractivity contribution < 1.29 is 4.42 Å². The van der Waals surface area contributed by atoms with Crippen molar-refractivity contribution in [3.63, 3.8) is 0 Å². The van der Waals surface area contributed by atoms with E-state index in [0.29, 0.717) is 35.9 Å². The Morgan fingerprint density at radius 2 is 2.16 bits per heavy atom. The molecular formula is C14H26N4O. The van der Waals surface area contributed by atoms with Gasteiger partial charge in [0.2, 0.25) is 5.89 Å². The first-order valence-electron chi connectivity index (χ1n) is 7.27. The summed E-state index contributed by atoms with van der Waals surface area (Å²) < 4.78 is 5.61. The summed E-state index contributed by atoms with van der Waals surface area (Å²) >= 11 is 0. The van der Waals surface area contributed by atoms with Crippen LogP contribution >= 0.6 is 0 Å². The molecule has 0 spiro atoms. The Labute approximate surface area is 115 Å². The third-order valence-electron chi connectivity index (χ3n) is 3.66. The summed E-state index contributed by atoms with van der Waals surface area (Å²) in [7, 11) is 0. The van der Waals surface area contributed by atoms with Crippen molar-refractivity contribution >= 4 is 6.01 Å². The maximum atomic E-state index is 5.61. The lowest BCUT2D eigenvalue weighted by atomic mass is 9.75. The van der Waals surface area contributed by atoms with Gasteiger partial charge in [-0.05, 0) is 24.7 Å². The van der Waals surface area contributed by atoms with E-state index in [1.165, 1.54) is 19.3 Å². The summed E-state index contributed by atoms with van der Waals surface area (Å²) in [6.07, 6.45) is 4.92. The van der Waals surface area contributed by atoms with Gasteiger partial charge in [0, 0.05) is 12.1 Å². The lowest BCUT2D eigenvalue weighted by molar-refractivity contribution is 0.227. The Kier molecular flexibility index (Phi) is 4.45. The highest BCUT2D eigenvalue weighted by Gasteiger charge is 2.28. The molecule has 0 saturated heterocycles. The predicted octanol–water partition coefficient (Wildman–Crippen LogP) is 2.95. The molecule has 5 heteroatoms. The maximum Gasteiger partial charge on any atom is 0.315 e. The molecule has 1 saturated carbocycles. The molecule has 0 aliphatic heterocycles. The highest BCUT2D eigenvalue weighted by Crippen LogP contribution is 2.36. The number of nitrogens with zero attached hydrogens (tertiary/aromatic N) is 2. The van der Waals surface area contributed by atoms with E-state index < -0.39 is 0 Å². The molecule has 0 amide bonds. The van der Waals surface area contributed by atoms with E-state index in [2.05, 4.69) is 48.5 Å². The van der Waals surface area contributed by atoms with Gasteiger partial charge < -0.3 is 15.1 Å². The largest absolute Gasteiger partial charge is 0.407 e. The van der Waals surface area contributed by atoms with Crippen molar-refractivity contribution in [1.29, 1.82) is 0 Å². The first-order chi connectivity index (χ1) is 8.94. The van der Waals surface area contributed by atoms with Crippen LogP contribution in [0, 0.1) is 5.41 Å². The Morgan fingerprint density at radius 1 is 1.37 bits per heavy atom. The second-order valence-corrected chi connectivity index (χ2v) is 6.64. The zero-order valence-electron chi connectivity index (χ0n) is 12.5. The zero-order valence-corrected chi connectivity index (χ0v) is 12.5. The number of nitrogens with one attached hydrogen (secondary N) is 2. The van der Waals surface area contributed by atoms with Crippen LogP contribution in [0.1, 0.15) is 59.3 Å². The smallest absolute Gasteiger partial charge is 0.315 e. The molecule has 0 aromatic carbocycles. The van der Waals surface area contributed by atoms with Crippen LogP contribution in [-0.2, 0) is 6.54 Å². The van der Waals surface area contributed by atoms with Crippen LogP contribution in [0.2, 0.25) is 0 Å². The molecule has 2 N–H and O–H groups in total. The molecule has 0 bridgehead atoms. The van der Waals surface area contributed by atoms with Gasteiger partial charge in [0.25, 0.3) is 0 Å². The third kappa shape index (κ3) is 4.49. The summed E-state index contributed by atoms with van der Waals surface area (Å²) in [4.78, 5) is 0. The monoisotopic (exact) mass is 266 g/mol. The molecule has 1 aliphatic rings. The Bertz CT molecular complexity index is 400. The zero-order chi connectivity index (χ0) is 13.9. The van der Waals surface area contributed by atoms with E-state index in [9.17, 15) is 0 Å². The average Bonchev–Trinajstić information content (AvgIpc) is 2.73. The van der Waals surface area contributed by atoms with Crippen LogP contribution < -0.4 is 10.6 Å². The number of aromatic nitrogens is 2. The van der Waals surface area contributed by atoms with Gasteiger partial charge in [0.15, 0.2) is 0 Å². The van der Waals surface area contributed by atoms with E-state index in [-0.39, 0.29) is 0 Å². The van der Waals surface area contributed by atoms with Crippen LogP contribution in [0.4, 0.5) is 6.01 Å². The van der Waals surface area contributed by atoms with Crippen molar-refractivity contribution in [3.8, 4) is 0 Å². The average molecular weight is 266 g/mol. The molecule has 1 aliphatic carbocycles. The number of hydrogen-bond donors (Lipinski definition) is 2. The standard InChI is InChI=1S/C14H26N4O/c1-10(2)15-9-12-17-18-13(19-12)16-11-6-5-7-14(3,4)8-11/h10-11,15H,5-9H2,1-4H3,(H,16,18). The minimum Gasteiger partial charge on any atom is -0.407 e. The normalized spacial score (nSPS) is 22.7. The Morgan fingerprint density at radius 3 is 2.84 bits per heavy atom. The Hall–Kier alpha value is -1.10. The van der Waals surface area contributed by atoms with Crippen molar-refractivity contribution in [1.82, 2.24) is 15.5 Å². The fourth-order valence-electron chi connectivity index (χ4n) is 2.67. The molecule has 1 fully saturated rings. The first-order valence-corrected chi connectivity index (χ1v) is 7.27. The summed E-state index contributed by atoms with van der Waals surface area (Å²) in [6.45, 7) is 9.47. The fraction of sp³-hybridized carbons (Fsp3) is 0.857. The molecule has 19 heavy (non-hydrogen) atoms. The van der Waals surface area contributed by atoms with Crippen molar-refractivity contribution in [2.45, 2.75) is 72.0 Å². The molecule has 1 unspecified atom stereocenters. The van der Waals surface area contributed by atoms with Gasteiger partial charge in [-0.15, -0.1) is 5.10 Å². The molecule has 0 radical (unpaired) electrons.